The zero-order valence-corrected chi connectivity index (χ0v) is 10.4. The molecule has 18 heavy (non-hydrogen) atoms. The Morgan fingerprint density at radius 1 is 1.50 bits per heavy atom. The molecule has 2 heterocycles. The van der Waals surface area contributed by atoms with Gasteiger partial charge in [-0.15, -0.1) is 0 Å². The fourth-order valence-electron chi connectivity index (χ4n) is 2.14. The predicted octanol–water partition coefficient (Wildman–Crippen LogP) is 0.527. The lowest BCUT2D eigenvalue weighted by molar-refractivity contribution is 0.0351. The summed E-state index contributed by atoms with van der Waals surface area (Å²) in [6.45, 7) is 3.30. The maximum atomic E-state index is 9.93. The average molecular weight is 250 g/mol. The van der Waals surface area contributed by atoms with Crippen molar-refractivity contribution in [1.29, 1.82) is 0 Å². The number of nitrogens with two attached hydrogens (primary N) is 1. The number of aliphatic hydroxyl groups is 1. The van der Waals surface area contributed by atoms with E-state index in [1.165, 1.54) is 0 Å². The van der Waals surface area contributed by atoms with E-state index in [0.717, 1.165) is 18.8 Å². The molecule has 0 aliphatic carbocycles. The Morgan fingerprint density at radius 3 is 2.78 bits per heavy atom. The molecule has 1 aromatic heterocycles. The molecule has 0 bridgehead atoms. The molecule has 2 rings (SSSR count). The molecule has 6 heteroatoms. The van der Waals surface area contributed by atoms with Gasteiger partial charge >= 0.3 is 0 Å². The molecule has 0 aromatic carbocycles. The first-order valence-electron chi connectivity index (χ1n) is 5.93. The van der Waals surface area contributed by atoms with Crippen LogP contribution >= 0.6 is 0 Å². The molecule has 1 aliphatic rings. The lowest BCUT2D eigenvalue weighted by Crippen LogP contribution is -2.43. The van der Waals surface area contributed by atoms with Crippen LogP contribution in [0.4, 0.5) is 5.69 Å². The minimum atomic E-state index is -0.602. The third-order valence-corrected chi connectivity index (χ3v) is 3.37. The summed E-state index contributed by atoms with van der Waals surface area (Å²) in [4.78, 5) is 6.17. The van der Waals surface area contributed by atoms with Crippen LogP contribution in [0.15, 0.2) is 23.6 Å². The summed E-state index contributed by atoms with van der Waals surface area (Å²) in [6.07, 6.45) is 4.69. The Bertz CT molecular complexity index is 449. The number of rotatable bonds is 2. The van der Waals surface area contributed by atoms with E-state index in [-0.39, 0.29) is 5.84 Å². The van der Waals surface area contributed by atoms with E-state index >= 15 is 0 Å². The van der Waals surface area contributed by atoms with Gasteiger partial charge in [-0.25, -0.2) is 0 Å². The normalized spacial score (nSPS) is 19.9. The van der Waals surface area contributed by atoms with Gasteiger partial charge in [-0.3, -0.25) is 4.98 Å². The lowest BCUT2D eigenvalue weighted by atomic mass is 9.93. The second-order valence-corrected chi connectivity index (χ2v) is 4.86. The van der Waals surface area contributed by atoms with Crippen LogP contribution in [0.3, 0.4) is 0 Å². The van der Waals surface area contributed by atoms with Gasteiger partial charge in [0.05, 0.1) is 17.5 Å². The minimum absolute atomic E-state index is 0.0738. The maximum absolute atomic E-state index is 9.93. The van der Waals surface area contributed by atoms with Crippen molar-refractivity contribution in [2.75, 3.05) is 18.0 Å². The first-order valence-corrected chi connectivity index (χ1v) is 5.93. The number of oxime groups is 1. The highest BCUT2D eigenvalue weighted by atomic mass is 16.4. The SMILES string of the molecule is CC1(O)CCN(c2cnccc2/C(N)=N/O)CC1. The van der Waals surface area contributed by atoms with Crippen molar-refractivity contribution in [3.05, 3.63) is 24.0 Å². The topological polar surface area (TPSA) is 95.0 Å². The summed E-state index contributed by atoms with van der Waals surface area (Å²) >= 11 is 0. The Kier molecular flexibility index (Phi) is 3.38. The quantitative estimate of drug-likeness (QED) is 0.308. The first kappa shape index (κ1) is 12.6. The van der Waals surface area contributed by atoms with E-state index in [9.17, 15) is 5.11 Å². The molecule has 0 amide bonds. The molecule has 1 fully saturated rings. The van der Waals surface area contributed by atoms with Gasteiger partial charge in [0.1, 0.15) is 0 Å². The summed E-state index contributed by atoms with van der Waals surface area (Å²) in [5.74, 6) is 0.0738. The highest BCUT2D eigenvalue weighted by Crippen LogP contribution is 2.27. The van der Waals surface area contributed by atoms with Crippen molar-refractivity contribution in [3.8, 4) is 0 Å². The predicted molar refractivity (Wildman–Crippen MR) is 68.8 cm³/mol. The molecule has 1 aromatic rings. The van der Waals surface area contributed by atoms with Gasteiger partial charge in [0, 0.05) is 24.8 Å². The molecule has 1 saturated heterocycles. The van der Waals surface area contributed by atoms with Gasteiger partial charge in [-0.2, -0.15) is 0 Å². The van der Waals surface area contributed by atoms with Crippen LogP contribution < -0.4 is 10.6 Å². The summed E-state index contributed by atoms with van der Waals surface area (Å²) in [6, 6.07) is 1.72. The number of anilines is 1. The molecule has 0 saturated carbocycles. The molecule has 0 spiro atoms. The van der Waals surface area contributed by atoms with Crippen LogP contribution in [-0.4, -0.2) is 39.8 Å². The number of hydrogen-bond donors (Lipinski definition) is 3. The Labute approximate surface area is 106 Å². The van der Waals surface area contributed by atoms with Gasteiger partial charge in [0.25, 0.3) is 0 Å². The van der Waals surface area contributed by atoms with Gasteiger partial charge in [0.2, 0.25) is 0 Å². The molecule has 4 N–H and O–H groups in total. The summed E-state index contributed by atoms with van der Waals surface area (Å²) < 4.78 is 0. The Balaban J connectivity index is 2.24. The molecule has 98 valence electrons. The summed E-state index contributed by atoms with van der Waals surface area (Å²) in [5.41, 5.74) is 6.55. The van der Waals surface area contributed by atoms with E-state index in [2.05, 4.69) is 15.0 Å². The largest absolute Gasteiger partial charge is 0.409 e. The van der Waals surface area contributed by atoms with Crippen LogP contribution in [0, 0.1) is 0 Å². The monoisotopic (exact) mass is 250 g/mol. The zero-order chi connectivity index (χ0) is 13.2. The van der Waals surface area contributed by atoms with Gasteiger partial charge in [-0.05, 0) is 25.8 Å². The van der Waals surface area contributed by atoms with Crippen molar-refractivity contribution in [1.82, 2.24) is 4.98 Å². The standard InChI is InChI=1S/C12H18N4O2/c1-12(17)3-6-16(7-4-12)10-8-14-5-2-9(10)11(13)15-18/h2,5,8,17-18H,3-4,6-7H2,1H3,(H2,13,15). The molecule has 0 atom stereocenters. The molecule has 1 aliphatic heterocycles. The summed E-state index contributed by atoms with van der Waals surface area (Å²) in [5, 5.41) is 21.7. The van der Waals surface area contributed by atoms with Gasteiger partial charge in [-0.1, -0.05) is 5.16 Å². The second-order valence-electron chi connectivity index (χ2n) is 4.86. The number of amidine groups is 1. The van der Waals surface area contributed by atoms with E-state index < -0.39 is 5.60 Å². The highest BCUT2D eigenvalue weighted by Gasteiger charge is 2.28. The van der Waals surface area contributed by atoms with Crippen molar-refractivity contribution >= 4 is 11.5 Å². The van der Waals surface area contributed by atoms with E-state index in [4.69, 9.17) is 10.9 Å². The van der Waals surface area contributed by atoms with Crippen LogP contribution in [0.2, 0.25) is 0 Å². The third kappa shape index (κ3) is 2.53. The average Bonchev–Trinajstić information content (AvgIpc) is 2.38. The van der Waals surface area contributed by atoms with Gasteiger partial charge < -0.3 is 20.9 Å². The van der Waals surface area contributed by atoms with Crippen molar-refractivity contribution in [3.63, 3.8) is 0 Å². The van der Waals surface area contributed by atoms with E-state index in [0.29, 0.717) is 18.4 Å². The highest BCUT2D eigenvalue weighted by molar-refractivity contribution is 6.02. The van der Waals surface area contributed by atoms with Crippen LogP contribution in [0.25, 0.3) is 0 Å². The third-order valence-electron chi connectivity index (χ3n) is 3.37. The first-order chi connectivity index (χ1) is 8.53. The fraction of sp³-hybridized carbons (Fsp3) is 0.500. The number of pyridine rings is 1. The maximum Gasteiger partial charge on any atom is 0.172 e. The van der Waals surface area contributed by atoms with E-state index in [1.54, 1.807) is 18.5 Å². The Morgan fingerprint density at radius 2 is 2.17 bits per heavy atom. The van der Waals surface area contributed by atoms with Crippen molar-refractivity contribution in [2.24, 2.45) is 10.9 Å². The smallest absolute Gasteiger partial charge is 0.172 e. The van der Waals surface area contributed by atoms with Crippen LogP contribution in [0.1, 0.15) is 25.3 Å². The number of aromatic nitrogens is 1. The molecule has 0 unspecified atom stereocenters. The number of hydrogen-bond acceptors (Lipinski definition) is 5. The second kappa shape index (κ2) is 4.81. The minimum Gasteiger partial charge on any atom is -0.409 e. The molecule has 0 radical (unpaired) electrons. The zero-order valence-electron chi connectivity index (χ0n) is 10.4. The lowest BCUT2D eigenvalue weighted by Gasteiger charge is -2.37. The van der Waals surface area contributed by atoms with Crippen LogP contribution in [-0.2, 0) is 0 Å². The van der Waals surface area contributed by atoms with Crippen molar-refractivity contribution < 1.29 is 10.3 Å². The number of piperidine rings is 1. The van der Waals surface area contributed by atoms with Crippen LogP contribution in [0.5, 0.6) is 0 Å². The molecule has 6 nitrogen and oxygen atoms in total. The summed E-state index contributed by atoms with van der Waals surface area (Å²) in [7, 11) is 0. The van der Waals surface area contributed by atoms with E-state index in [1.807, 2.05) is 6.92 Å². The van der Waals surface area contributed by atoms with Crippen molar-refractivity contribution in [2.45, 2.75) is 25.4 Å². The number of nitrogens with zero attached hydrogens (tertiary/aromatic N) is 3. The van der Waals surface area contributed by atoms with Gasteiger partial charge in [0.15, 0.2) is 5.84 Å². The Hall–Kier alpha value is -1.82. The molecular weight excluding hydrogens is 232 g/mol. The fourth-order valence-corrected chi connectivity index (χ4v) is 2.14. The molecular formula is C12H18N4O2.